The van der Waals surface area contributed by atoms with Crippen LogP contribution >= 0.6 is 11.6 Å². The normalized spacial score (nSPS) is 11.0. The van der Waals surface area contributed by atoms with Gasteiger partial charge in [-0.3, -0.25) is 4.79 Å². The van der Waals surface area contributed by atoms with Gasteiger partial charge in [0.05, 0.1) is 31.5 Å². The molecule has 2 N–H and O–H groups in total. The maximum absolute atomic E-state index is 12.2. The SMILES string of the molecule is COc1ccc(NC(=O)CNc2ccc(C)c(Cl)c2S(C)(=O)=O)cc1OC. The van der Waals surface area contributed by atoms with E-state index >= 15 is 0 Å². The van der Waals surface area contributed by atoms with Gasteiger partial charge in [0, 0.05) is 18.0 Å². The van der Waals surface area contributed by atoms with Gasteiger partial charge in [-0.25, -0.2) is 8.42 Å². The number of aryl methyl sites for hydroxylation is 1. The quantitative estimate of drug-likeness (QED) is 0.725. The van der Waals surface area contributed by atoms with Crippen molar-refractivity contribution in [3.05, 3.63) is 40.9 Å². The zero-order chi connectivity index (χ0) is 20.2. The van der Waals surface area contributed by atoms with Gasteiger partial charge in [-0.2, -0.15) is 0 Å². The molecule has 0 radical (unpaired) electrons. The lowest BCUT2D eigenvalue weighted by Gasteiger charge is -2.14. The largest absolute Gasteiger partial charge is 0.493 e. The number of anilines is 2. The molecule has 0 bridgehead atoms. The highest BCUT2D eigenvalue weighted by molar-refractivity contribution is 7.91. The summed E-state index contributed by atoms with van der Waals surface area (Å²) < 4.78 is 34.4. The van der Waals surface area contributed by atoms with Crippen LogP contribution in [-0.4, -0.2) is 41.3 Å². The number of nitrogens with one attached hydrogen (secondary N) is 2. The highest BCUT2D eigenvalue weighted by atomic mass is 35.5. The molecule has 0 aliphatic carbocycles. The fourth-order valence-corrected chi connectivity index (χ4v) is 4.06. The number of hydrogen-bond donors (Lipinski definition) is 2. The summed E-state index contributed by atoms with van der Waals surface area (Å²) in [7, 11) is -0.548. The third kappa shape index (κ3) is 5.05. The van der Waals surface area contributed by atoms with Gasteiger partial charge in [0.2, 0.25) is 5.91 Å². The van der Waals surface area contributed by atoms with E-state index in [0.29, 0.717) is 22.7 Å². The molecule has 2 rings (SSSR count). The average molecular weight is 413 g/mol. The van der Waals surface area contributed by atoms with Gasteiger partial charge in [-0.15, -0.1) is 0 Å². The van der Waals surface area contributed by atoms with E-state index in [1.165, 1.54) is 14.2 Å². The molecule has 0 aliphatic rings. The van der Waals surface area contributed by atoms with Crippen molar-refractivity contribution >= 4 is 38.7 Å². The van der Waals surface area contributed by atoms with Crippen LogP contribution < -0.4 is 20.1 Å². The van der Waals surface area contributed by atoms with E-state index < -0.39 is 9.84 Å². The van der Waals surface area contributed by atoms with Crippen molar-refractivity contribution in [1.29, 1.82) is 0 Å². The van der Waals surface area contributed by atoms with E-state index in [-0.39, 0.29) is 28.1 Å². The predicted molar refractivity (Wildman–Crippen MR) is 106 cm³/mol. The molecular formula is C18H21ClN2O5S. The van der Waals surface area contributed by atoms with E-state index in [1.807, 2.05) is 0 Å². The third-order valence-corrected chi connectivity index (χ3v) is 5.53. The van der Waals surface area contributed by atoms with Crippen molar-refractivity contribution in [2.24, 2.45) is 0 Å². The zero-order valence-electron chi connectivity index (χ0n) is 15.4. The Labute approximate surface area is 163 Å². The smallest absolute Gasteiger partial charge is 0.243 e. The van der Waals surface area contributed by atoms with Crippen LogP contribution in [0.3, 0.4) is 0 Å². The van der Waals surface area contributed by atoms with Crippen LogP contribution in [0.25, 0.3) is 0 Å². The van der Waals surface area contributed by atoms with Gasteiger partial charge in [-0.05, 0) is 30.7 Å². The van der Waals surface area contributed by atoms with Crippen molar-refractivity contribution in [1.82, 2.24) is 0 Å². The van der Waals surface area contributed by atoms with Crippen LogP contribution in [0.2, 0.25) is 5.02 Å². The average Bonchev–Trinajstić information content (AvgIpc) is 2.61. The number of rotatable bonds is 7. The molecular weight excluding hydrogens is 392 g/mol. The molecule has 2 aromatic rings. The Kier molecular flexibility index (Phi) is 6.56. The fraction of sp³-hybridized carbons (Fsp3) is 0.278. The first kappa shape index (κ1) is 20.9. The number of sulfone groups is 1. The molecule has 0 heterocycles. The first-order valence-electron chi connectivity index (χ1n) is 7.92. The van der Waals surface area contributed by atoms with Crippen molar-refractivity contribution in [3.8, 4) is 11.5 Å². The third-order valence-electron chi connectivity index (χ3n) is 3.77. The summed E-state index contributed by atoms with van der Waals surface area (Å²) in [5.74, 6) is 0.659. The topological polar surface area (TPSA) is 93.7 Å². The monoisotopic (exact) mass is 412 g/mol. The van der Waals surface area contributed by atoms with Crippen LogP contribution in [0.5, 0.6) is 11.5 Å². The van der Waals surface area contributed by atoms with Crippen molar-refractivity contribution in [2.75, 3.05) is 37.7 Å². The Morgan fingerprint density at radius 2 is 1.78 bits per heavy atom. The molecule has 0 saturated heterocycles. The Balaban J connectivity index is 2.14. The van der Waals surface area contributed by atoms with Crippen molar-refractivity contribution in [2.45, 2.75) is 11.8 Å². The standard InChI is InChI=1S/C18H21ClN2O5S/c1-11-5-7-13(18(17(11)19)27(4,23)24)20-10-16(22)21-12-6-8-14(25-2)15(9-12)26-3/h5-9,20H,10H2,1-4H3,(H,21,22). The molecule has 7 nitrogen and oxygen atoms in total. The summed E-state index contributed by atoms with van der Waals surface area (Å²) in [5.41, 5.74) is 1.43. The first-order valence-corrected chi connectivity index (χ1v) is 10.2. The molecule has 27 heavy (non-hydrogen) atoms. The summed E-state index contributed by atoms with van der Waals surface area (Å²) in [6.45, 7) is 1.57. The number of hydrogen-bond acceptors (Lipinski definition) is 6. The minimum Gasteiger partial charge on any atom is -0.493 e. The molecule has 146 valence electrons. The number of ether oxygens (including phenoxy) is 2. The maximum atomic E-state index is 12.2. The molecule has 2 aromatic carbocycles. The number of methoxy groups -OCH3 is 2. The van der Waals surface area contributed by atoms with E-state index in [4.69, 9.17) is 21.1 Å². The lowest BCUT2D eigenvalue weighted by molar-refractivity contribution is -0.114. The van der Waals surface area contributed by atoms with E-state index in [9.17, 15) is 13.2 Å². The lowest BCUT2D eigenvalue weighted by Crippen LogP contribution is -2.22. The zero-order valence-corrected chi connectivity index (χ0v) is 17.0. The van der Waals surface area contributed by atoms with Gasteiger partial charge >= 0.3 is 0 Å². The minimum atomic E-state index is -3.57. The molecule has 9 heteroatoms. The predicted octanol–water partition coefficient (Wildman–Crippen LogP) is 3.12. The van der Waals surface area contributed by atoms with E-state index in [2.05, 4.69) is 10.6 Å². The number of halogens is 1. The summed E-state index contributed by atoms with van der Waals surface area (Å²) in [6, 6.07) is 8.24. The second kappa shape index (κ2) is 8.49. The number of amides is 1. The molecule has 0 atom stereocenters. The van der Waals surface area contributed by atoms with Gasteiger partial charge in [0.25, 0.3) is 0 Å². The Morgan fingerprint density at radius 3 is 2.37 bits per heavy atom. The summed E-state index contributed by atoms with van der Waals surface area (Å²) >= 11 is 6.14. The molecule has 0 aliphatic heterocycles. The molecule has 0 fully saturated rings. The highest BCUT2D eigenvalue weighted by Gasteiger charge is 2.19. The number of benzene rings is 2. The highest BCUT2D eigenvalue weighted by Crippen LogP contribution is 2.32. The number of carbonyl (C=O) groups is 1. The summed E-state index contributed by atoms with van der Waals surface area (Å²) in [5, 5.41) is 5.67. The second-order valence-electron chi connectivity index (χ2n) is 5.82. The Bertz CT molecular complexity index is 960. The summed E-state index contributed by atoms with van der Waals surface area (Å²) in [6.07, 6.45) is 1.07. The van der Waals surface area contributed by atoms with Gasteiger partial charge in [0.15, 0.2) is 21.3 Å². The Hall–Kier alpha value is -2.45. The van der Waals surface area contributed by atoms with Gasteiger partial charge < -0.3 is 20.1 Å². The van der Waals surface area contributed by atoms with E-state index in [0.717, 1.165) is 6.26 Å². The van der Waals surface area contributed by atoms with Crippen molar-refractivity contribution < 1.29 is 22.7 Å². The first-order chi connectivity index (χ1) is 12.7. The molecule has 0 saturated carbocycles. The molecule has 0 unspecified atom stereocenters. The molecule has 0 aromatic heterocycles. The molecule has 1 amide bonds. The number of carbonyl (C=O) groups excluding carboxylic acids is 1. The Morgan fingerprint density at radius 1 is 1.11 bits per heavy atom. The second-order valence-corrected chi connectivity index (χ2v) is 8.15. The van der Waals surface area contributed by atoms with E-state index in [1.54, 1.807) is 37.3 Å². The van der Waals surface area contributed by atoms with Crippen LogP contribution in [-0.2, 0) is 14.6 Å². The van der Waals surface area contributed by atoms with Gasteiger partial charge in [-0.1, -0.05) is 17.7 Å². The fourth-order valence-electron chi connectivity index (χ4n) is 2.45. The van der Waals surface area contributed by atoms with Gasteiger partial charge in [0.1, 0.15) is 4.90 Å². The minimum absolute atomic E-state index is 0.0249. The van der Waals surface area contributed by atoms with Crippen LogP contribution in [0.4, 0.5) is 11.4 Å². The lowest BCUT2D eigenvalue weighted by atomic mass is 10.2. The van der Waals surface area contributed by atoms with Crippen molar-refractivity contribution in [3.63, 3.8) is 0 Å². The maximum Gasteiger partial charge on any atom is 0.243 e. The van der Waals surface area contributed by atoms with Crippen LogP contribution in [0, 0.1) is 6.92 Å². The van der Waals surface area contributed by atoms with Crippen LogP contribution in [0.1, 0.15) is 5.56 Å². The summed E-state index contributed by atoms with van der Waals surface area (Å²) in [4.78, 5) is 12.2. The molecule has 0 spiro atoms. The van der Waals surface area contributed by atoms with Crippen LogP contribution in [0.15, 0.2) is 35.2 Å².